The van der Waals surface area contributed by atoms with E-state index in [0.717, 1.165) is 69.1 Å². The van der Waals surface area contributed by atoms with Crippen molar-refractivity contribution in [1.82, 2.24) is 19.6 Å². The lowest BCUT2D eigenvalue weighted by Gasteiger charge is -2.36. The standard InChI is InChI=1S/C15H26N6OS/c1-3-13-18-15(23-19-13)21-8-6-20(7-9-21)14(16-2)17-11-12-5-4-10-22-12/h12H,3-11H2,1-2H3,(H,16,17). The van der Waals surface area contributed by atoms with E-state index < -0.39 is 0 Å². The van der Waals surface area contributed by atoms with Crippen molar-refractivity contribution >= 4 is 22.6 Å². The second kappa shape index (κ2) is 7.92. The average molecular weight is 338 g/mol. The highest BCUT2D eigenvalue weighted by Gasteiger charge is 2.23. The smallest absolute Gasteiger partial charge is 0.205 e. The molecular weight excluding hydrogens is 312 g/mol. The number of piperazine rings is 1. The molecular formula is C15H26N6OS. The van der Waals surface area contributed by atoms with Crippen LogP contribution in [-0.4, -0.2) is 72.7 Å². The van der Waals surface area contributed by atoms with Gasteiger partial charge in [0.25, 0.3) is 0 Å². The third-order valence-corrected chi connectivity index (χ3v) is 5.16. The number of anilines is 1. The fourth-order valence-electron chi connectivity index (χ4n) is 2.97. The van der Waals surface area contributed by atoms with Gasteiger partial charge < -0.3 is 19.9 Å². The Balaban J connectivity index is 1.48. The van der Waals surface area contributed by atoms with Gasteiger partial charge in [0.1, 0.15) is 5.82 Å². The van der Waals surface area contributed by atoms with Crippen molar-refractivity contribution in [1.29, 1.82) is 0 Å². The summed E-state index contributed by atoms with van der Waals surface area (Å²) < 4.78 is 10.0. The first-order valence-electron chi connectivity index (χ1n) is 8.45. The van der Waals surface area contributed by atoms with Crippen molar-refractivity contribution in [3.8, 4) is 0 Å². The summed E-state index contributed by atoms with van der Waals surface area (Å²) in [6, 6.07) is 0. The van der Waals surface area contributed by atoms with Crippen molar-refractivity contribution in [2.45, 2.75) is 32.3 Å². The molecule has 2 saturated heterocycles. The Labute approximate surface area is 141 Å². The van der Waals surface area contributed by atoms with Gasteiger partial charge in [-0.1, -0.05) is 6.92 Å². The molecule has 0 amide bonds. The summed E-state index contributed by atoms with van der Waals surface area (Å²) in [5, 5.41) is 4.50. The van der Waals surface area contributed by atoms with E-state index in [1.54, 1.807) is 0 Å². The number of aliphatic imine (C=N–C) groups is 1. The molecule has 1 unspecified atom stereocenters. The Bertz CT molecular complexity index is 520. The fourth-order valence-corrected chi connectivity index (χ4v) is 3.77. The van der Waals surface area contributed by atoms with Crippen LogP contribution in [0.2, 0.25) is 0 Å². The molecule has 1 aromatic rings. The van der Waals surface area contributed by atoms with Crippen LogP contribution < -0.4 is 10.2 Å². The SMILES string of the molecule is CCc1nsc(N2CCN(C(=NC)NCC3CCCO3)CC2)n1. The third kappa shape index (κ3) is 4.11. The minimum absolute atomic E-state index is 0.335. The molecule has 8 heteroatoms. The topological polar surface area (TPSA) is 65.9 Å². The number of hydrogen-bond acceptors (Lipinski definition) is 6. The molecule has 128 valence electrons. The summed E-state index contributed by atoms with van der Waals surface area (Å²) in [6.07, 6.45) is 3.55. The largest absolute Gasteiger partial charge is 0.376 e. The lowest BCUT2D eigenvalue weighted by Crippen LogP contribution is -2.53. The molecule has 2 aliphatic heterocycles. The highest BCUT2D eigenvalue weighted by molar-refractivity contribution is 7.09. The lowest BCUT2D eigenvalue weighted by molar-refractivity contribution is 0.113. The van der Waals surface area contributed by atoms with E-state index in [1.165, 1.54) is 18.0 Å². The van der Waals surface area contributed by atoms with Gasteiger partial charge >= 0.3 is 0 Å². The van der Waals surface area contributed by atoms with E-state index in [4.69, 9.17) is 4.74 Å². The molecule has 0 radical (unpaired) electrons. The Hall–Kier alpha value is -1.41. The monoisotopic (exact) mass is 338 g/mol. The van der Waals surface area contributed by atoms with Gasteiger partial charge in [-0.05, 0) is 12.8 Å². The number of rotatable bonds is 4. The van der Waals surface area contributed by atoms with Gasteiger partial charge in [-0.25, -0.2) is 4.98 Å². The summed E-state index contributed by atoms with van der Waals surface area (Å²) in [4.78, 5) is 13.6. The van der Waals surface area contributed by atoms with Crippen LogP contribution >= 0.6 is 11.5 Å². The van der Waals surface area contributed by atoms with Gasteiger partial charge in [0.15, 0.2) is 5.96 Å². The third-order valence-electron chi connectivity index (χ3n) is 4.35. The highest BCUT2D eigenvalue weighted by atomic mass is 32.1. The first-order valence-corrected chi connectivity index (χ1v) is 9.22. The van der Waals surface area contributed by atoms with E-state index >= 15 is 0 Å². The molecule has 3 rings (SSSR count). The van der Waals surface area contributed by atoms with Crippen LogP contribution in [0.3, 0.4) is 0 Å². The zero-order chi connectivity index (χ0) is 16.1. The van der Waals surface area contributed by atoms with Crippen molar-refractivity contribution in [2.75, 3.05) is 51.3 Å². The van der Waals surface area contributed by atoms with Crippen LogP contribution in [0.4, 0.5) is 5.13 Å². The number of aromatic nitrogens is 2. The Morgan fingerprint density at radius 2 is 2.22 bits per heavy atom. The minimum Gasteiger partial charge on any atom is -0.376 e. The molecule has 1 atom stereocenters. The summed E-state index contributed by atoms with van der Waals surface area (Å²) >= 11 is 1.51. The number of guanidine groups is 1. The van der Waals surface area contributed by atoms with E-state index in [0.29, 0.717) is 6.10 Å². The molecule has 0 bridgehead atoms. The average Bonchev–Trinajstić information content (AvgIpc) is 3.27. The molecule has 1 N–H and O–H groups in total. The van der Waals surface area contributed by atoms with Gasteiger partial charge in [-0.2, -0.15) is 4.37 Å². The molecule has 1 aromatic heterocycles. The van der Waals surface area contributed by atoms with Crippen LogP contribution in [0.1, 0.15) is 25.6 Å². The lowest BCUT2D eigenvalue weighted by atomic mass is 10.2. The molecule has 2 fully saturated rings. The zero-order valence-corrected chi connectivity index (χ0v) is 14.8. The number of hydrogen-bond donors (Lipinski definition) is 1. The maximum Gasteiger partial charge on any atom is 0.205 e. The predicted octanol–water partition coefficient (Wildman–Crippen LogP) is 0.977. The van der Waals surface area contributed by atoms with Crippen LogP contribution in [0.5, 0.6) is 0 Å². The maximum atomic E-state index is 5.66. The predicted molar refractivity (Wildman–Crippen MR) is 93.4 cm³/mol. The van der Waals surface area contributed by atoms with Crippen molar-refractivity contribution < 1.29 is 4.74 Å². The molecule has 0 aromatic carbocycles. The van der Waals surface area contributed by atoms with Gasteiger partial charge in [-0.3, -0.25) is 4.99 Å². The summed E-state index contributed by atoms with van der Waals surface area (Å²) in [5.74, 6) is 1.92. The Morgan fingerprint density at radius 1 is 1.39 bits per heavy atom. The van der Waals surface area contributed by atoms with Crippen molar-refractivity contribution in [3.63, 3.8) is 0 Å². The Kier molecular flexibility index (Phi) is 5.66. The Morgan fingerprint density at radius 3 is 2.83 bits per heavy atom. The van der Waals surface area contributed by atoms with Crippen LogP contribution in [-0.2, 0) is 11.2 Å². The van der Waals surface area contributed by atoms with Gasteiger partial charge in [0, 0.05) is 64.3 Å². The van der Waals surface area contributed by atoms with Gasteiger partial charge in [0.2, 0.25) is 5.13 Å². The van der Waals surface area contributed by atoms with Gasteiger partial charge in [-0.15, -0.1) is 0 Å². The van der Waals surface area contributed by atoms with E-state index in [1.807, 2.05) is 7.05 Å². The van der Waals surface area contributed by atoms with Crippen LogP contribution in [0, 0.1) is 0 Å². The van der Waals surface area contributed by atoms with E-state index in [-0.39, 0.29) is 0 Å². The normalized spacial score (nSPS) is 22.7. The molecule has 0 spiro atoms. The molecule has 0 aliphatic carbocycles. The summed E-state index contributed by atoms with van der Waals surface area (Å²) in [6.45, 7) is 7.65. The summed E-state index contributed by atoms with van der Waals surface area (Å²) in [7, 11) is 1.85. The zero-order valence-electron chi connectivity index (χ0n) is 14.0. The second-order valence-corrected chi connectivity index (χ2v) is 6.61. The van der Waals surface area contributed by atoms with E-state index in [9.17, 15) is 0 Å². The quantitative estimate of drug-likeness (QED) is 0.652. The number of aryl methyl sites for hydroxylation is 1. The molecule has 2 aliphatic rings. The van der Waals surface area contributed by atoms with Crippen LogP contribution in [0.25, 0.3) is 0 Å². The molecule has 23 heavy (non-hydrogen) atoms. The van der Waals surface area contributed by atoms with Gasteiger partial charge in [0.05, 0.1) is 6.10 Å². The molecule has 3 heterocycles. The molecule has 7 nitrogen and oxygen atoms in total. The van der Waals surface area contributed by atoms with Crippen LogP contribution in [0.15, 0.2) is 4.99 Å². The first kappa shape index (κ1) is 16.4. The maximum absolute atomic E-state index is 5.66. The van der Waals surface area contributed by atoms with E-state index in [2.05, 4.69) is 36.4 Å². The fraction of sp³-hybridized carbons (Fsp3) is 0.800. The first-order chi connectivity index (χ1) is 11.3. The van der Waals surface area contributed by atoms with Crippen molar-refractivity contribution in [3.05, 3.63) is 5.82 Å². The van der Waals surface area contributed by atoms with Crippen molar-refractivity contribution in [2.24, 2.45) is 4.99 Å². The summed E-state index contributed by atoms with van der Waals surface area (Å²) in [5.41, 5.74) is 0. The number of ether oxygens (including phenoxy) is 1. The number of nitrogens with zero attached hydrogens (tertiary/aromatic N) is 5. The second-order valence-electron chi connectivity index (χ2n) is 5.88. The molecule has 0 saturated carbocycles. The number of nitrogens with one attached hydrogen (secondary N) is 1. The highest BCUT2D eigenvalue weighted by Crippen LogP contribution is 2.19. The minimum atomic E-state index is 0.335.